The number of hydrogen-bond donors (Lipinski definition) is 1. The molecule has 0 heterocycles. The quantitative estimate of drug-likeness (QED) is 0.554. The molecule has 0 fully saturated rings. The number of halogens is 1. The minimum Gasteiger partial charge on any atom is -0.369 e. The normalized spacial score (nSPS) is 15.7. The van der Waals surface area contributed by atoms with Crippen LogP contribution in [0, 0.1) is 0 Å². The fourth-order valence-corrected chi connectivity index (χ4v) is 2.73. The van der Waals surface area contributed by atoms with E-state index in [0.717, 1.165) is 17.3 Å². The molecule has 1 rings (SSSR count). The van der Waals surface area contributed by atoms with E-state index in [4.69, 9.17) is 10.5 Å². The zero-order chi connectivity index (χ0) is 15.7. The van der Waals surface area contributed by atoms with Crippen LogP contribution in [0.25, 0.3) is 0 Å². The topological polar surface area (TPSA) is 35.2 Å². The van der Waals surface area contributed by atoms with E-state index in [1.165, 1.54) is 31.2 Å². The van der Waals surface area contributed by atoms with Crippen molar-refractivity contribution in [2.75, 3.05) is 0 Å². The SMILES string of the molecule is CCCCCCC(C)OC(c1ccc(Br)cc1)C(N)CC. The molecule has 3 atom stereocenters. The average Bonchev–Trinajstić information content (AvgIpc) is 2.49. The lowest BCUT2D eigenvalue weighted by molar-refractivity contribution is -0.0230. The van der Waals surface area contributed by atoms with Crippen LogP contribution < -0.4 is 5.73 Å². The van der Waals surface area contributed by atoms with Crippen LogP contribution in [0.4, 0.5) is 0 Å². The molecular formula is C18H30BrNO. The van der Waals surface area contributed by atoms with Crippen molar-refractivity contribution in [2.45, 2.75) is 77.5 Å². The molecule has 3 heteroatoms. The molecular weight excluding hydrogens is 326 g/mol. The van der Waals surface area contributed by atoms with Gasteiger partial charge in [-0.15, -0.1) is 0 Å². The monoisotopic (exact) mass is 355 g/mol. The van der Waals surface area contributed by atoms with E-state index in [2.05, 4.69) is 61.0 Å². The van der Waals surface area contributed by atoms with Gasteiger partial charge in [0.2, 0.25) is 0 Å². The van der Waals surface area contributed by atoms with E-state index in [1.807, 2.05) is 0 Å². The molecule has 0 aliphatic rings. The zero-order valence-electron chi connectivity index (χ0n) is 13.6. The summed E-state index contributed by atoms with van der Waals surface area (Å²) in [6.07, 6.45) is 7.41. The summed E-state index contributed by atoms with van der Waals surface area (Å²) in [5, 5.41) is 0. The van der Waals surface area contributed by atoms with Crippen LogP contribution >= 0.6 is 15.9 Å². The highest BCUT2D eigenvalue weighted by atomic mass is 79.9. The molecule has 0 amide bonds. The van der Waals surface area contributed by atoms with Crippen molar-refractivity contribution in [1.29, 1.82) is 0 Å². The van der Waals surface area contributed by atoms with Gasteiger partial charge in [0.15, 0.2) is 0 Å². The van der Waals surface area contributed by atoms with Crippen molar-refractivity contribution < 1.29 is 4.74 Å². The number of benzene rings is 1. The van der Waals surface area contributed by atoms with Gasteiger partial charge in [0.1, 0.15) is 0 Å². The summed E-state index contributed by atoms with van der Waals surface area (Å²) < 4.78 is 7.35. The third kappa shape index (κ3) is 6.94. The maximum atomic E-state index is 6.28. The van der Waals surface area contributed by atoms with Crippen LogP contribution in [0.15, 0.2) is 28.7 Å². The number of hydrogen-bond acceptors (Lipinski definition) is 2. The summed E-state index contributed by atoms with van der Waals surface area (Å²) >= 11 is 3.48. The molecule has 1 aromatic rings. The smallest absolute Gasteiger partial charge is 0.0979 e. The van der Waals surface area contributed by atoms with Crippen molar-refractivity contribution in [1.82, 2.24) is 0 Å². The van der Waals surface area contributed by atoms with Crippen molar-refractivity contribution in [3.63, 3.8) is 0 Å². The summed E-state index contributed by atoms with van der Waals surface area (Å²) in [7, 11) is 0. The second-order valence-corrected chi connectivity index (χ2v) is 6.76. The van der Waals surface area contributed by atoms with Gasteiger partial charge in [0, 0.05) is 10.5 Å². The average molecular weight is 356 g/mol. The molecule has 0 saturated heterocycles. The molecule has 1 aromatic carbocycles. The Morgan fingerprint density at radius 3 is 2.33 bits per heavy atom. The molecule has 21 heavy (non-hydrogen) atoms. The summed E-state index contributed by atoms with van der Waals surface area (Å²) in [6, 6.07) is 8.37. The molecule has 0 aromatic heterocycles. The molecule has 0 bridgehead atoms. The van der Waals surface area contributed by atoms with E-state index in [1.54, 1.807) is 0 Å². The first-order chi connectivity index (χ1) is 10.1. The molecule has 2 N–H and O–H groups in total. The predicted octanol–water partition coefficient (Wildman–Crippen LogP) is 5.60. The van der Waals surface area contributed by atoms with Crippen molar-refractivity contribution in [3.8, 4) is 0 Å². The Kier molecular flexibility index (Phi) is 9.21. The van der Waals surface area contributed by atoms with Crippen LogP contribution in [-0.4, -0.2) is 12.1 Å². The van der Waals surface area contributed by atoms with Crippen LogP contribution in [0.3, 0.4) is 0 Å². The van der Waals surface area contributed by atoms with Gasteiger partial charge >= 0.3 is 0 Å². The Labute approximate surface area is 138 Å². The van der Waals surface area contributed by atoms with Crippen LogP contribution in [0.5, 0.6) is 0 Å². The fourth-order valence-electron chi connectivity index (χ4n) is 2.47. The molecule has 0 saturated carbocycles. The summed E-state index contributed by atoms with van der Waals surface area (Å²) in [5.41, 5.74) is 7.45. The van der Waals surface area contributed by atoms with E-state index in [-0.39, 0.29) is 18.2 Å². The second kappa shape index (κ2) is 10.4. The Bertz CT molecular complexity index is 379. The minimum atomic E-state index is -0.00993. The van der Waals surface area contributed by atoms with Crippen molar-refractivity contribution in [2.24, 2.45) is 5.73 Å². The fraction of sp³-hybridized carbons (Fsp3) is 0.667. The largest absolute Gasteiger partial charge is 0.369 e. The first-order valence-corrected chi connectivity index (χ1v) is 9.04. The van der Waals surface area contributed by atoms with Gasteiger partial charge in [-0.3, -0.25) is 0 Å². The van der Waals surface area contributed by atoms with Gasteiger partial charge in [-0.2, -0.15) is 0 Å². The second-order valence-electron chi connectivity index (χ2n) is 5.84. The molecule has 0 aliphatic heterocycles. The van der Waals surface area contributed by atoms with Gasteiger partial charge < -0.3 is 10.5 Å². The van der Waals surface area contributed by atoms with Gasteiger partial charge in [0.05, 0.1) is 12.2 Å². The highest BCUT2D eigenvalue weighted by Crippen LogP contribution is 2.26. The molecule has 0 radical (unpaired) electrons. The van der Waals surface area contributed by atoms with Crippen molar-refractivity contribution in [3.05, 3.63) is 34.3 Å². The van der Waals surface area contributed by atoms with Crippen LogP contribution in [-0.2, 0) is 4.74 Å². The van der Waals surface area contributed by atoms with E-state index in [9.17, 15) is 0 Å². The zero-order valence-corrected chi connectivity index (χ0v) is 15.2. The highest BCUT2D eigenvalue weighted by Gasteiger charge is 2.21. The maximum absolute atomic E-state index is 6.28. The van der Waals surface area contributed by atoms with Gasteiger partial charge in [-0.1, -0.05) is 67.6 Å². The van der Waals surface area contributed by atoms with Gasteiger partial charge in [0.25, 0.3) is 0 Å². The molecule has 0 aliphatic carbocycles. The molecule has 3 unspecified atom stereocenters. The predicted molar refractivity (Wildman–Crippen MR) is 94.5 cm³/mol. The van der Waals surface area contributed by atoms with E-state index in [0.29, 0.717) is 0 Å². The number of rotatable bonds is 10. The Hall–Kier alpha value is -0.380. The standard InChI is InChI=1S/C18H30BrNO/c1-4-6-7-8-9-14(3)21-18(17(20)5-2)15-10-12-16(19)13-11-15/h10-14,17-18H,4-9,20H2,1-3H3. The molecule has 2 nitrogen and oxygen atoms in total. The lowest BCUT2D eigenvalue weighted by Gasteiger charge is -2.27. The van der Waals surface area contributed by atoms with Gasteiger partial charge in [-0.05, 0) is 37.5 Å². The summed E-state index contributed by atoms with van der Waals surface area (Å²) in [5.74, 6) is 0. The third-order valence-electron chi connectivity index (χ3n) is 3.90. The number of nitrogens with two attached hydrogens (primary N) is 1. The van der Waals surface area contributed by atoms with Crippen LogP contribution in [0.1, 0.15) is 71.0 Å². The van der Waals surface area contributed by atoms with E-state index >= 15 is 0 Å². The first-order valence-electron chi connectivity index (χ1n) is 8.25. The van der Waals surface area contributed by atoms with Crippen molar-refractivity contribution >= 4 is 15.9 Å². The summed E-state index contributed by atoms with van der Waals surface area (Å²) in [4.78, 5) is 0. The summed E-state index contributed by atoms with van der Waals surface area (Å²) in [6.45, 7) is 6.52. The minimum absolute atomic E-state index is 0.00993. The maximum Gasteiger partial charge on any atom is 0.0979 e. The van der Waals surface area contributed by atoms with Crippen LogP contribution in [0.2, 0.25) is 0 Å². The first kappa shape index (κ1) is 18.7. The Balaban J connectivity index is 2.59. The number of ether oxygens (including phenoxy) is 1. The van der Waals surface area contributed by atoms with Gasteiger partial charge in [-0.25, -0.2) is 0 Å². The Morgan fingerprint density at radius 1 is 1.10 bits per heavy atom. The lowest BCUT2D eigenvalue weighted by atomic mass is 10.0. The highest BCUT2D eigenvalue weighted by molar-refractivity contribution is 9.10. The Morgan fingerprint density at radius 2 is 1.76 bits per heavy atom. The lowest BCUT2D eigenvalue weighted by Crippen LogP contribution is -2.31. The molecule has 120 valence electrons. The third-order valence-corrected chi connectivity index (χ3v) is 4.43. The number of unbranched alkanes of at least 4 members (excludes halogenated alkanes) is 3. The molecule has 0 spiro atoms. The van der Waals surface area contributed by atoms with E-state index < -0.39 is 0 Å².